The number of nitrogens with zero attached hydrogens (tertiary/aromatic N) is 1. The molecule has 2 rings (SSSR count). The summed E-state index contributed by atoms with van der Waals surface area (Å²) in [6, 6.07) is 6.39. The van der Waals surface area contributed by atoms with Crippen LogP contribution in [0, 0.1) is 0 Å². The Morgan fingerprint density at radius 3 is 2.33 bits per heavy atom. The van der Waals surface area contributed by atoms with Crippen LogP contribution >= 0.6 is 0 Å². The van der Waals surface area contributed by atoms with Gasteiger partial charge in [0.05, 0.1) is 7.11 Å². The lowest BCUT2D eigenvalue weighted by Gasteiger charge is -2.24. The first-order chi connectivity index (χ1) is 11.1. The van der Waals surface area contributed by atoms with Gasteiger partial charge in [0.25, 0.3) is 0 Å². The maximum Gasteiger partial charge on any atom is 0.324 e. The molecule has 1 aliphatic heterocycles. The fourth-order valence-corrected chi connectivity index (χ4v) is 3.76. The average molecular weight is 353 g/mol. The molecule has 24 heavy (non-hydrogen) atoms. The molecule has 0 saturated heterocycles. The topological polar surface area (TPSA) is 72.9 Å². The van der Waals surface area contributed by atoms with Crippen molar-refractivity contribution in [1.82, 2.24) is 4.31 Å². The number of methoxy groups -OCH3 is 1. The molecule has 1 aliphatic rings. The van der Waals surface area contributed by atoms with E-state index in [1.165, 1.54) is 13.2 Å². The van der Waals surface area contributed by atoms with E-state index in [1.807, 2.05) is 45.0 Å². The van der Waals surface area contributed by atoms with Crippen molar-refractivity contribution >= 4 is 16.0 Å². The molecule has 0 aliphatic carbocycles. The molecule has 0 spiro atoms. The first-order valence-corrected chi connectivity index (χ1v) is 9.17. The van der Waals surface area contributed by atoms with E-state index in [0.717, 1.165) is 21.0 Å². The molecule has 7 heteroatoms. The van der Waals surface area contributed by atoms with Crippen LogP contribution in [0.25, 0.3) is 0 Å². The Morgan fingerprint density at radius 2 is 1.88 bits per heavy atom. The summed E-state index contributed by atoms with van der Waals surface area (Å²) in [6.07, 6.45) is 1.76. The first kappa shape index (κ1) is 18.5. The number of carbonyl (C=O) groups is 1. The van der Waals surface area contributed by atoms with E-state index in [-0.39, 0.29) is 18.6 Å². The number of carbonyl (C=O) groups excluding carboxylic acids is 1. The molecule has 6 nitrogen and oxygen atoms in total. The number of hydrogen-bond donors (Lipinski definition) is 0. The van der Waals surface area contributed by atoms with Crippen LogP contribution < -0.4 is 4.74 Å². The van der Waals surface area contributed by atoms with Gasteiger partial charge in [0.1, 0.15) is 17.4 Å². The summed E-state index contributed by atoms with van der Waals surface area (Å²) in [4.78, 5) is 12.1. The Labute approximate surface area is 143 Å². The number of benzene rings is 1. The van der Waals surface area contributed by atoms with E-state index < -0.39 is 22.0 Å². The van der Waals surface area contributed by atoms with Crippen LogP contribution in [-0.2, 0) is 26.0 Å². The van der Waals surface area contributed by atoms with Crippen LogP contribution in [0.4, 0.5) is 0 Å². The summed E-state index contributed by atoms with van der Waals surface area (Å²) in [7, 11) is -2.31. The van der Waals surface area contributed by atoms with Gasteiger partial charge >= 0.3 is 5.97 Å². The highest BCUT2D eigenvalue weighted by molar-refractivity contribution is 7.92. The molecule has 132 valence electrons. The first-order valence-electron chi connectivity index (χ1n) is 7.66. The van der Waals surface area contributed by atoms with Gasteiger partial charge in [-0.1, -0.05) is 18.2 Å². The van der Waals surface area contributed by atoms with Crippen molar-refractivity contribution in [2.75, 3.05) is 13.7 Å². The van der Waals surface area contributed by atoms with Crippen LogP contribution in [0.15, 0.2) is 35.7 Å². The second-order valence-electron chi connectivity index (χ2n) is 6.59. The van der Waals surface area contributed by atoms with Crippen molar-refractivity contribution in [2.24, 2.45) is 0 Å². The van der Waals surface area contributed by atoms with Gasteiger partial charge in [-0.3, -0.25) is 4.79 Å². The molecule has 0 amide bonds. The Hall–Kier alpha value is -1.86. The van der Waals surface area contributed by atoms with Gasteiger partial charge in [0.2, 0.25) is 10.0 Å². The highest BCUT2D eigenvalue weighted by atomic mass is 32.2. The fraction of sp³-hybridized carbons (Fsp3) is 0.471. The van der Waals surface area contributed by atoms with Crippen LogP contribution in [0.2, 0.25) is 0 Å². The predicted molar refractivity (Wildman–Crippen MR) is 91.1 cm³/mol. The zero-order valence-electron chi connectivity index (χ0n) is 14.4. The van der Waals surface area contributed by atoms with E-state index in [4.69, 9.17) is 9.47 Å². The van der Waals surface area contributed by atoms with Crippen LogP contribution in [0.3, 0.4) is 0 Å². The molecular formula is C17H23NO5S. The van der Waals surface area contributed by atoms with E-state index in [9.17, 15) is 13.2 Å². The van der Waals surface area contributed by atoms with Gasteiger partial charge in [-0.25, -0.2) is 8.42 Å². The molecule has 1 aromatic rings. The van der Waals surface area contributed by atoms with Gasteiger partial charge < -0.3 is 9.47 Å². The van der Waals surface area contributed by atoms with Crippen molar-refractivity contribution in [3.05, 3.63) is 41.3 Å². The van der Waals surface area contributed by atoms with Crippen molar-refractivity contribution in [2.45, 2.75) is 38.8 Å². The Kier molecular flexibility index (Phi) is 5.35. The minimum Gasteiger partial charge on any atom is -0.488 e. The van der Waals surface area contributed by atoms with Crippen molar-refractivity contribution in [3.63, 3.8) is 0 Å². The largest absolute Gasteiger partial charge is 0.488 e. The van der Waals surface area contributed by atoms with Gasteiger partial charge in [0, 0.05) is 12.0 Å². The van der Waals surface area contributed by atoms with Crippen LogP contribution in [-0.4, -0.2) is 44.0 Å². The molecule has 0 radical (unpaired) electrons. The second kappa shape index (κ2) is 6.94. The molecule has 0 unspecified atom stereocenters. The summed E-state index contributed by atoms with van der Waals surface area (Å²) in [5.41, 5.74) is 0.527. The minimum absolute atomic E-state index is 0.174. The lowest BCUT2D eigenvalue weighted by atomic mass is 10.1. The van der Waals surface area contributed by atoms with Crippen LogP contribution in [0.1, 0.15) is 26.3 Å². The monoisotopic (exact) mass is 353 g/mol. The minimum atomic E-state index is -3.57. The Morgan fingerprint density at radius 1 is 1.25 bits per heavy atom. The van der Waals surface area contributed by atoms with Crippen molar-refractivity contribution in [3.8, 4) is 5.75 Å². The zero-order valence-corrected chi connectivity index (χ0v) is 15.2. The molecule has 1 aromatic carbocycles. The number of hydrogen-bond acceptors (Lipinski definition) is 5. The average Bonchev–Trinajstić information content (AvgIpc) is 2.83. The quantitative estimate of drug-likeness (QED) is 0.758. The number of sulfonamides is 1. The molecule has 0 N–H and O–H groups in total. The van der Waals surface area contributed by atoms with Gasteiger partial charge in [-0.2, -0.15) is 4.31 Å². The summed E-state index contributed by atoms with van der Waals surface area (Å²) < 4.78 is 35.8. The number of rotatable bonds is 5. The number of ether oxygens (including phenoxy) is 2. The van der Waals surface area contributed by atoms with E-state index >= 15 is 0 Å². The summed E-state index contributed by atoms with van der Waals surface area (Å²) >= 11 is 0. The van der Waals surface area contributed by atoms with Gasteiger partial charge in [-0.15, -0.1) is 0 Å². The normalized spacial score (nSPS) is 18.3. The van der Waals surface area contributed by atoms with Crippen molar-refractivity contribution in [1.29, 1.82) is 0 Å². The third-order valence-corrected chi connectivity index (χ3v) is 5.07. The lowest BCUT2D eigenvalue weighted by molar-refractivity contribution is -0.145. The smallest absolute Gasteiger partial charge is 0.324 e. The molecule has 0 fully saturated rings. The highest BCUT2D eigenvalue weighted by Gasteiger charge is 2.36. The van der Waals surface area contributed by atoms with Gasteiger partial charge in [0.15, 0.2) is 0 Å². The summed E-state index contributed by atoms with van der Waals surface area (Å²) in [5, 5.41) is 1.11. The molecule has 0 aromatic heterocycles. The second-order valence-corrected chi connectivity index (χ2v) is 8.36. The van der Waals surface area contributed by atoms with Crippen molar-refractivity contribution < 1.29 is 22.7 Å². The van der Waals surface area contributed by atoms with Crippen LogP contribution in [0.5, 0.6) is 5.75 Å². The molecule has 1 atom stereocenters. The lowest BCUT2D eigenvalue weighted by Crippen LogP contribution is -2.44. The number of esters is 1. The molecule has 0 saturated carbocycles. The summed E-state index contributed by atoms with van der Waals surface area (Å²) in [6.45, 7) is 6.05. The Balaban J connectivity index is 2.17. The SMILES string of the molecule is COC(=O)[C@H](Cc1ccc(OC(C)(C)C)cc1)N1CC=CS1(=O)=O. The Bertz CT molecular complexity index is 716. The van der Waals surface area contributed by atoms with E-state index in [2.05, 4.69) is 0 Å². The van der Waals surface area contributed by atoms with Gasteiger partial charge in [-0.05, 0) is 44.9 Å². The van der Waals surface area contributed by atoms with E-state index in [1.54, 1.807) is 0 Å². The fourth-order valence-electron chi connectivity index (χ4n) is 2.46. The highest BCUT2D eigenvalue weighted by Crippen LogP contribution is 2.22. The third-order valence-electron chi connectivity index (χ3n) is 3.48. The molecular weight excluding hydrogens is 330 g/mol. The molecule has 0 bridgehead atoms. The maximum absolute atomic E-state index is 12.1. The maximum atomic E-state index is 12.1. The standard InChI is InChI=1S/C17H23NO5S/c1-17(2,3)23-14-8-6-13(7-9-14)12-15(16(19)22-4)18-10-5-11-24(18,20)21/h5-9,11,15H,10,12H2,1-4H3/t15-/m0/s1. The van der Waals surface area contributed by atoms with E-state index in [0.29, 0.717) is 0 Å². The molecule has 1 heterocycles. The summed E-state index contributed by atoms with van der Waals surface area (Å²) in [5.74, 6) is 0.147. The predicted octanol–water partition coefficient (Wildman–Crippen LogP) is 2.11. The zero-order chi connectivity index (χ0) is 18.0. The third kappa shape index (κ3) is 4.58.